The molecule has 0 saturated carbocycles. The second-order valence-corrected chi connectivity index (χ2v) is 9.45. The number of hydrogen-bond donors (Lipinski definition) is 1. The van der Waals surface area contributed by atoms with Gasteiger partial charge in [0.1, 0.15) is 12.1 Å². The predicted molar refractivity (Wildman–Crippen MR) is 124 cm³/mol. The van der Waals surface area contributed by atoms with E-state index in [2.05, 4.69) is 10.3 Å². The number of amides is 3. The van der Waals surface area contributed by atoms with E-state index in [4.69, 9.17) is 0 Å². The number of nitrogens with zero attached hydrogens (tertiary/aromatic N) is 3. The Hall–Kier alpha value is -2.74. The summed E-state index contributed by atoms with van der Waals surface area (Å²) >= 11 is 1.62. The smallest absolute Gasteiger partial charge is 0.246 e. The van der Waals surface area contributed by atoms with Crippen LogP contribution in [0.2, 0.25) is 0 Å². The van der Waals surface area contributed by atoms with E-state index >= 15 is 0 Å². The van der Waals surface area contributed by atoms with Gasteiger partial charge in [-0.25, -0.2) is 4.98 Å². The Morgan fingerprint density at radius 3 is 2.44 bits per heavy atom. The maximum Gasteiger partial charge on any atom is 0.246 e. The van der Waals surface area contributed by atoms with Crippen molar-refractivity contribution < 1.29 is 14.4 Å². The molecule has 0 spiro atoms. The molecule has 7 nitrogen and oxygen atoms in total. The summed E-state index contributed by atoms with van der Waals surface area (Å²) < 4.78 is 0. The summed E-state index contributed by atoms with van der Waals surface area (Å²) in [6, 6.07) is 7.23. The predicted octanol–water partition coefficient (Wildman–Crippen LogP) is 3.13. The van der Waals surface area contributed by atoms with Gasteiger partial charge in [-0.2, -0.15) is 0 Å². The van der Waals surface area contributed by atoms with Crippen molar-refractivity contribution in [2.75, 3.05) is 13.1 Å². The molecule has 3 amide bonds. The van der Waals surface area contributed by atoms with Gasteiger partial charge in [-0.3, -0.25) is 14.4 Å². The van der Waals surface area contributed by atoms with Crippen molar-refractivity contribution >= 4 is 29.1 Å². The Balaban J connectivity index is 1.37. The highest BCUT2D eigenvalue weighted by Crippen LogP contribution is 2.27. The SMILES string of the molecule is CC(=O)N1CCCCC1C(=O)N1CCCC1C(=O)NCc1ccc(-c2scnc2C)cc1. The van der Waals surface area contributed by atoms with Crippen LogP contribution in [0.15, 0.2) is 29.8 Å². The summed E-state index contributed by atoms with van der Waals surface area (Å²) in [4.78, 5) is 47.0. The minimum atomic E-state index is -0.461. The van der Waals surface area contributed by atoms with Crippen LogP contribution in [0, 0.1) is 6.92 Å². The second kappa shape index (κ2) is 9.81. The molecule has 2 aliphatic heterocycles. The van der Waals surface area contributed by atoms with Gasteiger partial charge in [0.15, 0.2) is 0 Å². The molecule has 32 heavy (non-hydrogen) atoms. The Labute approximate surface area is 192 Å². The van der Waals surface area contributed by atoms with E-state index in [0.717, 1.165) is 41.0 Å². The number of rotatable bonds is 5. The number of carbonyl (C=O) groups is 3. The lowest BCUT2D eigenvalue weighted by molar-refractivity contribution is -0.149. The highest BCUT2D eigenvalue weighted by Gasteiger charge is 2.40. The first-order valence-electron chi connectivity index (χ1n) is 11.3. The molecule has 0 radical (unpaired) electrons. The van der Waals surface area contributed by atoms with Crippen molar-refractivity contribution in [3.63, 3.8) is 0 Å². The number of thiazole rings is 1. The molecular weight excluding hydrogens is 424 g/mol. The van der Waals surface area contributed by atoms with Gasteiger partial charge in [-0.1, -0.05) is 24.3 Å². The Bertz CT molecular complexity index is 987. The highest BCUT2D eigenvalue weighted by atomic mass is 32.1. The molecule has 4 rings (SSSR count). The van der Waals surface area contributed by atoms with Crippen molar-refractivity contribution in [3.8, 4) is 10.4 Å². The minimum Gasteiger partial charge on any atom is -0.350 e. The molecule has 1 aromatic heterocycles. The van der Waals surface area contributed by atoms with Crippen LogP contribution in [-0.2, 0) is 20.9 Å². The number of piperidine rings is 1. The molecule has 3 heterocycles. The third-order valence-corrected chi connectivity index (χ3v) is 7.44. The quantitative estimate of drug-likeness (QED) is 0.753. The Kier molecular flexibility index (Phi) is 6.89. The molecule has 2 unspecified atom stereocenters. The standard InChI is InChI=1S/C24H30N4O3S/c1-16-22(32-15-26-16)19-10-8-18(9-11-19)14-25-23(30)20-7-5-13-28(20)24(31)21-6-3-4-12-27(21)17(2)29/h8-11,15,20-21H,3-7,12-14H2,1-2H3,(H,25,30). The van der Waals surface area contributed by atoms with Crippen LogP contribution in [0.1, 0.15) is 50.3 Å². The van der Waals surface area contributed by atoms with Crippen LogP contribution in [0.3, 0.4) is 0 Å². The Morgan fingerprint density at radius 1 is 1.03 bits per heavy atom. The zero-order chi connectivity index (χ0) is 22.7. The van der Waals surface area contributed by atoms with Crippen LogP contribution in [-0.4, -0.2) is 57.7 Å². The first-order valence-corrected chi connectivity index (χ1v) is 12.2. The van der Waals surface area contributed by atoms with Gasteiger partial charge in [0, 0.05) is 26.6 Å². The van der Waals surface area contributed by atoms with E-state index in [-0.39, 0.29) is 17.7 Å². The summed E-state index contributed by atoms with van der Waals surface area (Å²) in [5, 5.41) is 3.01. The number of aromatic nitrogens is 1. The van der Waals surface area contributed by atoms with Crippen LogP contribution in [0.25, 0.3) is 10.4 Å². The summed E-state index contributed by atoms with van der Waals surface area (Å²) in [5.74, 6) is -0.273. The van der Waals surface area contributed by atoms with E-state index in [1.165, 1.54) is 6.92 Å². The average molecular weight is 455 g/mol. The third-order valence-electron chi connectivity index (χ3n) is 6.46. The molecular formula is C24H30N4O3S. The molecule has 2 aromatic rings. The number of hydrogen-bond acceptors (Lipinski definition) is 5. The number of carbonyl (C=O) groups excluding carboxylic acids is 3. The van der Waals surface area contributed by atoms with Gasteiger partial charge in [0.2, 0.25) is 17.7 Å². The van der Waals surface area contributed by atoms with Crippen molar-refractivity contribution in [2.24, 2.45) is 0 Å². The lowest BCUT2D eigenvalue weighted by atomic mass is 10.0. The van der Waals surface area contributed by atoms with Gasteiger partial charge in [0.05, 0.1) is 16.1 Å². The fourth-order valence-electron chi connectivity index (χ4n) is 4.72. The number of nitrogens with one attached hydrogen (secondary N) is 1. The Morgan fingerprint density at radius 2 is 1.75 bits per heavy atom. The lowest BCUT2D eigenvalue weighted by Gasteiger charge is -2.37. The van der Waals surface area contributed by atoms with Gasteiger partial charge in [-0.05, 0) is 50.2 Å². The lowest BCUT2D eigenvalue weighted by Crippen LogP contribution is -2.55. The molecule has 1 N–H and O–H groups in total. The van der Waals surface area contributed by atoms with Crippen LogP contribution in [0.5, 0.6) is 0 Å². The van der Waals surface area contributed by atoms with E-state index in [0.29, 0.717) is 32.5 Å². The minimum absolute atomic E-state index is 0.0692. The summed E-state index contributed by atoms with van der Waals surface area (Å²) in [6.45, 7) is 5.12. The van der Waals surface area contributed by atoms with Crippen LogP contribution < -0.4 is 5.32 Å². The van der Waals surface area contributed by atoms with Gasteiger partial charge in [-0.15, -0.1) is 11.3 Å². The third kappa shape index (κ3) is 4.70. The average Bonchev–Trinajstić information content (AvgIpc) is 3.46. The first-order chi connectivity index (χ1) is 15.5. The highest BCUT2D eigenvalue weighted by molar-refractivity contribution is 7.13. The van der Waals surface area contributed by atoms with Gasteiger partial charge in [0.25, 0.3) is 0 Å². The van der Waals surface area contributed by atoms with E-state index < -0.39 is 12.1 Å². The molecule has 2 aliphatic rings. The van der Waals surface area contributed by atoms with Gasteiger partial charge >= 0.3 is 0 Å². The summed E-state index contributed by atoms with van der Waals surface area (Å²) in [6.07, 6.45) is 4.00. The zero-order valence-electron chi connectivity index (χ0n) is 18.7. The topological polar surface area (TPSA) is 82.6 Å². The molecule has 0 bridgehead atoms. The molecule has 2 saturated heterocycles. The van der Waals surface area contributed by atoms with Crippen molar-refractivity contribution in [2.45, 2.75) is 64.6 Å². The van der Waals surface area contributed by atoms with E-state index in [9.17, 15) is 14.4 Å². The number of likely N-dealkylation sites (tertiary alicyclic amines) is 2. The molecule has 2 fully saturated rings. The van der Waals surface area contributed by atoms with E-state index in [1.54, 1.807) is 21.1 Å². The summed E-state index contributed by atoms with van der Waals surface area (Å²) in [5.41, 5.74) is 4.99. The number of benzene rings is 1. The largest absolute Gasteiger partial charge is 0.350 e. The van der Waals surface area contributed by atoms with Crippen LogP contribution >= 0.6 is 11.3 Å². The molecule has 1 aromatic carbocycles. The molecule has 0 aliphatic carbocycles. The van der Waals surface area contributed by atoms with Crippen molar-refractivity contribution in [1.82, 2.24) is 20.1 Å². The van der Waals surface area contributed by atoms with Gasteiger partial charge < -0.3 is 15.1 Å². The fourth-order valence-corrected chi connectivity index (χ4v) is 5.53. The van der Waals surface area contributed by atoms with Crippen molar-refractivity contribution in [3.05, 3.63) is 41.0 Å². The summed E-state index contributed by atoms with van der Waals surface area (Å²) in [7, 11) is 0. The van der Waals surface area contributed by atoms with Crippen molar-refractivity contribution in [1.29, 1.82) is 0 Å². The molecule has 8 heteroatoms. The second-order valence-electron chi connectivity index (χ2n) is 8.60. The zero-order valence-corrected chi connectivity index (χ0v) is 19.5. The normalized spacial score (nSPS) is 20.9. The van der Waals surface area contributed by atoms with Crippen LogP contribution in [0.4, 0.5) is 0 Å². The van der Waals surface area contributed by atoms with E-state index in [1.807, 2.05) is 36.7 Å². The maximum atomic E-state index is 13.2. The molecule has 170 valence electrons. The fraction of sp³-hybridized carbons (Fsp3) is 0.500. The first kappa shape index (κ1) is 22.5. The molecule has 2 atom stereocenters. The maximum absolute atomic E-state index is 13.2. The number of aryl methyl sites for hydroxylation is 1. The monoisotopic (exact) mass is 454 g/mol.